The number of hydrogen-bond donors (Lipinski definition) is 0. The number of ether oxygens (including phenoxy) is 1. The monoisotopic (exact) mass is 394 g/mol. The molecule has 3 rings (SSSR count). The van der Waals surface area contributed by atoms with Crippen LogP contribution in [0.4, 0.5) is 0 Å². The number of rotatable bonds is 6. The van der Waals surface area contributed by atoms with Crippen molar-refractivity contribution in [2.24, 2.45) is 0 Å². The van der Waals surface area contributed by atoms with Crippen molar-refractivity contribution in [3.05, 3.63) is 69.0 Å². The third-order valence-electron chi connectivity index (χ3n) is 3.70. The molecule has 130 valence electrons. The molecule has 0 saturated carbocycles. The molecule has 0 unspecified atom stereocenters. The lowest BCUT2D eigenvalue weighted by Gasteiger charge is -2.08. The van der Waals surface area contributed by atoms with Crippen molar-refractivity contribution in [1.29, 1.82) is 0 Å². The van der Waals surface area contributed by atoms with E-state index in [0.29, 0.717) is 26.9 Å². The maximum atomic E-state index is 6.01. The minimum absolute atomic E-state index is 0.241. The van der Waals surface area contributed by atoms with Crippen molar-refractivity contribution in [2.75, 3.05) is 0 Å². The van der Waals surface area contributed by atoms with Crippen molar-refractivity contribution >= 4 is 35.0 Å². The zero-order valence-electron chi connectivity index (χ0n) is 13.8. The SMILES string of the molecule is Cc1cccc(OCc2nnc(SCc3ccc(Cl)c(Cl)c3)o2)c1C. The topological polar surface area (TPSA) is 48.2 Å². The van der Waals surface area contributed by atoms with Gasteiger partial charge in [-0.3, -0.25) is 0 Å². The van der Waals surface area contributed by atoms with Crippen LogP contribution in [0.25, 0.3) is 0 Å². The summed E-state index contributed by atoms with van der Waals surface area (Å²) in [7, 11) is 0. The molecule has 0 aliphatic rings. The van der Waals surface area contributed by atoms with Crippen LogP contribution >= 0.6 is 35.0 Å². The van der Waals surface area contributed by atoms with E-state index in [0.717, 1.165) is 16.9 Å². The summed E-state index contributed by atoms with van der Waals surface area (Å²) in [5.41, 5.74) is 3.32. The first-order chi connectivity index (χ1) is 12.0. The highest BCUT2D eigenvalue weighted by Crippen LogP contribution is 2.27. The number of hydrogen-bond acceptors (Lipinski definition) is 5. The summed E-state index contributed by atoms with van der Waals surface area (Å²) in [6.45, 7) is 4.31. The molecule has 0 aliphatic heterocycles. The fourth-order valence-corrected chi connectivity index (χ4v) is 3.19. The third-order valence-corrected chi connectivity index (χ3v) is 5.33. The lowest BCUT2D eigenvalue weighted by Crippen LogP contribution is -1.98. The molecular formula is C18H16Cl2N2O2S. The number of thioether (sulfide) groups is 1. The number of nitrogens with zero attached hydrogens (tertiary/aromatic N) is 2. The van der Waals surface area contributed by atoms with Gasteiger partial charge in [0, 0.05) is 5.75 Å². The second kappa shape index (κ2) is 8.13. The molecule has 1 heterocycles. The highest BCUT2D eigenvalue weighted by molar-refractivity contribution is 7.98. The number of benzene rings is 2. The summed E-state index contributed by atoms with van der Waals surface area (Å²) in [6.07, 6.45) is 0. The summed E-state index contributed by atoms with van der Waals surface area (Å²) in [5.74, 6) is 1.93. The van der Waals surface area contributed by atoms with Gasteiger partial charge in [-0.2, -0.15) is 0 Å². The first kappa shape index (κ1) is 18.1. The lowest BCUT2D eigenvalue weighted by molar-refractivity contribution is 0.250. The van der Waals surface area contributed by atoms with Crippen LogP contribution < -0.4 is 4.74 Å². The van der Waals surface area contributed by atoms with Gasteiger partial charge in [0.25, 0.3) is 11.1 Å². The van der Waals surface area contributed by atoms with E-state index in [1.54, 1.807) is 6.07 Å². The van der Waals surface area contributed by atoms with Gasteiger partial charge in [0.1, 0.15) is 5.75 Å². The fourth-order valence-electron chi connectivity index (χ4n) is 2.15. The molecule has 3 aromatic rings. The predicted octanol–water partition coefficient (Wildman–Crippen LogP) is 5.86. The van der Waals surface area contributed by atoms with E-state index in [4.69, 9.17) is 32.4 Å². The molecule has 0 radical (unpaired) electrons. The molecular weight excluding hydrogens is 379 g/mol. The quantitative estimate of drug-likeness (QED) is 0.489. The van der Waals surface area contributed by atoms with E-state index in [1.807, 2.05) is 44.2 Å². The van der Waals surface area contributed by atoms with Crippen LogP contribution in [0.2, 0.25) is 10.0 Å². The van der Waals surface area contributed by atoms with E-state index in [2.05, 4.69) is 10.2 Å². The molecule has 2 aromatic carbocycles. The Kier molecular flexibility index (Phi) is 5.89. The Morgan fingerprint density at radius 3 is 2.72 bits per heavy atom. The Morgan fingerprint density at radius 2 is 1.92 bits per heavy atom. The summed E-state index contributed by atoms with van der Waals surface area (Å²) in [6, 6.07) is 11.5. The highest BCUT2D eigenvalue weighted by atomic mass is 35.5. The maximum absolute atomic E-state index is 6.01. The molecule has 0 bridgehead atoms. The van der Waals surface area contributed by atoms with E-state index >= 15 is 0 Å². The molecule has 0 amide bonds. The van der Waals surface area contributed by atoms with Gasteiger partial charge < -0.3 is 9.15 Å². The third kappa shape index (κ3) is 4.69. The normalized spacial score (nSPS) is 10.9. The highest BCUT2D eigenvalue weighted by Gasteiger charge is 2.10. The van der Waals surface area contributed by atoms with Gasteiger partial charge in [0.15, 0.2) is 6.61 Å². The Morgan fingerprint density at radius 1 is 1.08 bits per heavy atom. The van der Waals surface area contributed by atoms with Crippen LogP contribution in [0, 0.1) is 13.8 Å². The van der Waals surface area contributed by atoms with Gasteiger partial charge in [0.05, 0.1) is 10.0 Å². The Labute approximate surface area is 160 Å². The molecule has 25 heavy (non-hydrogen) atoms. The van der Waals surface area contributed by atoms with Gasteiger partial charge in [-0.1, -0.05) is 53.2 Å². The van der Waals surface area contributed by atoms with Gasteiger partial charge in [-0.05, 0) is 48.7 Å². The fraction of sp³-hybridized carbons (Fsp3) is 0.222. The van der Waals surface area contributed by atoms with Gasteiger partial charge in [0.2, 0.25) is 0 Å². The summed E-state index contributed by atoms with van der Waals surface area (Å²) >= 11 is 13.4. The number of aryl methyl sites for hydroxylation is 1. The Hall–Kier alpha value is -1.69. The zero-order chi connectivity index (χ0) is 17.8. The van der Waals surface area contributed by atoms with Crippen molar-refractivity contribution in [3.63, 3.8) is 0 Å². The average molecular weight is 395 g/mol. The number of halogens is 2. The predicted molar refractivity (Wildman–Crippen MR) is 101 cm³/mol. The maximum Gasteiger partial charge on any atom is 0.277 e. The lowest BCUT2D eigenvalue weighted by atomic mass is 10.1. The summed E-state index contributed by atoms with van der Waals surface area (Å²) < 4.78 is 11.4. The van der Waals surface area contributed by atoms with Crippen molar-refractivity contribution in [3.8, 4) is 5.75 Å². The second-order valence-electron chi connectivity index (χ2n) is 5.49. The Balaban J connectivity index is 1.57. The van der Waals surface area contributed by atoms with Crippen LogP contribution in [0.5, 0.6) is 5.75 Å². The Bertz CT molecular complexity index is 883. The molecule has 0 aliphatic carbocycles. The minimum atomic E-state index is 0.241. The van der Waals surface area contributed by atoms with Gasteiger partial charge >= 0.3 is 0 Å². The van der Waals surface area contributed by atoms with Crippen molar-refractivity contribution in [2.45, 2.75) is 31.4 Å². The zero-order valence-corrected chi connectivity index (χ0v) is 16.1. The first-order valence-electron chi connectivity index (χ1n) is 7.61. The average Bonchev–Trinajstić information content (AvgIpc) is 3.05. The number of aromatic nitrogens is 2. The van der Waals surface area contributed by atoms with Gasteiger partial charge in [-0.25, -0.2) is 0 Å². The van der Waals surface area contributed by atoms with E-state index in [1.165, 1.54) is 17.3 Å². The van der Waals surface area contributed by atoms with Crippen LogP contribution in [0.3, 0.4) is 0 Å². The van der Waals surface area contributed by atoms with Gasteiger partial charge in [-0.15, -0.1) is 10.2 Å². The van der Waals surface area contributed by atoms with Crippen LogP contribution in [-0.4, -0.2) is 10.2 Å². The molecule has 0 saturated heterocycles. The standard InChI is InChI=1S/C18H16Cl2N2O2S/c1-11-4-3-5-16(12(11)2)23-9-17-21-22-18(24-17)25-10-13-6-7-14(19)15(20)8-13/h3-8H,9-10H2,1-2H3. The molecule has 7 heteroatoms. The molecule has 1 aromatic heterocycles. The molecule has 0 spiro atoms. The van der Waals surface area contributed by atoms with E-state index in [-0.39, 0.29) is 6.61 Å². The second-order valence-corrected chi connectivity index (χ2v) is 7.23. The smallest absolute Gasteiger partial charge is 0.277 e. The summed E-state index contributed by atoms with van der Waals surface area (Å²) in [4.78, 5) is 0. The molecule has 0 atom stereocenters. The molecule has 4 nitrogen and oxygen atoms in total. The largest absolute Gasteiger partial charge is 0.484 e. The molecule has 0 fully saturated rings. The van der Waals surface area contributed by atoms with E-state index in [9.17, 15) is 0 Å². The summed E-state index contributed by atoms with van der Waals surface area (Å²) in [5, 5.41) is 9.62. The van der Waals surface area contributed by atoms with Crippen LogP contribution in [-0.2, 0) is 12.4 Å². The van der Waals surface area contributed by atoms with Crippen molar-refractivity contribution in [1.82, 2.24) is 10.2 Å². The van der Waals surface area contributed by atoms with E-state index < -0.39 is 0 Å². The van der Waals surface area contributed by atoms with Crippen LogP contribution in [0.1, 0.15) is 22.6 Å². The molecule has 0 N–H and O–H groups in total. The van der Waals surface area contributed by atoms with Crippen LogP contribution in [0.15, 0.2) is 46.0 Å². The first-order valence-corrected chi connectivity index (χ1v) is 9.35. The van der Waals surface area contributed by atoms with Crippen molar-refractivity contribution < 1.29 is 9.15 Å². The minimum Gasteiger partial charge on any atom is -0.484 e.